The van der Waals surface area contributed by atoms with E-state index < -0.39 is 0 Å². The molecule has 0 amide bonds. The summed E-state index contributed by atoms with van der Waals surface area (Å²) >= 11 is 0. The molecule has 0 saturated heterocycles. The van der Waals surface area contributed by atoms with Crippen LogP contribution in [0.2, 0.25) is 0 Å². The van der Waals surface area contributed by atoms with Crippen molar-refractivity contribution >= 4 is 0 Å². The molecule has 17 heavy (non-hydrogen) atoms. The molecule has 94 valence electrons. The zero-order chi connectivity index (χ0) is 12.8. The number of hydrogen-bond donors (Lipinski definition) is 1. The van der Waals surface area contributed by atoms with Crippen LogP contribution in [0.1, 0.15) is 24.4 Å². The number of allylic oxidation sites excluding steroid dienone is 1. The van der Waals surface area contributed by atoms with E-state index in [2.05, 4.69) is 6.58 Å². The summed E-state index contributed by atoms with van der Waals surface area (Å²) in [5, 5.41) is 0. The van der Waals surface area contributed by atoms with E-state index in [-0.39, 0.29) is 11.9 Å². The Morgan fingerprint density at radius 1 is 1.35 bits per heavy atom. The maximum absolute atomic E-state index is 13.8. The summed E-state index contributed by atoms with van der Waals surface area (Å²) in [4.78, 5) is 0. The molecule has 0 saturated carbocycles. The van der Waals surface area contributed by atoms with Crippen LogP contribution >= 0.6 is 0 Å². The fourth-order valence-electron chi connectivity index (χ4n) is 1.61. The number of ether oxygens (including phenoxy) is 2. The van der Waals surface area contributed by atoms with Crippen molar-refractivity contribution in [2.45, 2.75) is 18.9 Å². The molecule has 1 atom stereocenters. The van der Waals surface area contributed by atoms with Gasteiger partial charge in [0.15, 0.2) is 11.5 Å². The van der Waals surface area contributed by atoms with Gasteiger partial charge in [-0.15, -0.1) is 6.58 Å². The quantitative estimate of drug-likeness (QED) is 0.776. The van der Waals surface area contributed by atoms with Crippen molar-refractivity contribution in [2.75, 3.05) is 14.2 Å². The van der Waals surface area contributed by atoms with Gasteiger partial charge in [0.2, 0.25) is 0 Å². The number of nitrogens with two attached hydrogens (primary N) is 1. The molecule has 1 aromatic rings. The lowest BCUT2D eigenvalue weighted by Gasteiger charge is -2.15. The Morgan fingerprint density at radius 3 is 2.47 bits per heavy atom. The molecule has 0 aliphatic rings. The fraction of sp³-hybridized carbons (Fsp3) is 0.385. The third-order valence-electron chi connectivity index (χ3n) is 2.58. The van der Waals surface area contributed by atoms with Crippen molar-refractivity contribution < 1.29 is 13.9 Å². The van der Waals surface area contributed by atoms with Crippen LogP contribution in [0.4, 0.5) is 4.39 Å². The van der Waals surface area contributed by atoms with Crippen LogP contribution in [-0.4, -0.2) is 14.2 Å². The van der Waals surface area contributed by atoms with Crippen LogP contribution in [0, 0.1) is 5.82 Å². The van der Waals surface area contributed by atoms with Gasteiger partial charge in [-0.05, 0) is 18.9 Å². The van der Waals surface area contributed by atoms with Crippen LogP contribution in [0.3, 0.4) is 0 Å². The molecule has 0 spiro atoms. The SMILES string of the molecule is C=CCC[C@H](N)c1cc(OC)c(OC)cc1F. The number of benzene rings is 1. The van der Waals surface area contributed by atoms with Gasteiger partial charge >= 0.3 is 0 Å². The Kier molecular flexibility index (Phi) is 4.97. The molecule has 4 heteroatoms. The molecule has 0 aromatic heterocycles. The summed E-state index contributed by atoms with van der Waals surface area (Å²) in [6.07, 6.45) is 3.16. The summed E-state index contributed by atoms with van der Waals surface area (Å²) in [7, 11) is 2.98. The monoisotopic (exact) mass is 239 g/mol. The van der Waals surface area contributed by atoms with E-state index in [1.165, 1.54) is 20.3 Å². The third-order valence-corrected chi connectivity index (χ3v) is 2.58. The molecule has 0 aliphatic heterocycles. The average Bonchev–Trinajstić information content (AvgIpc) is 2.35. The van der Waals surface area contributed by atoms with E-state index in [1.807, 2.05) is 0 Å². The Labute approximate surface area is 101 Å². The van der Waals surface area contributed by atoms with Crippen molar-refractivity contribution in [3.05, 3.63) is 36.2 Å². The molecular formula is C13H18FNO2. The zero-order valence-electron chi connectivity index (χ0n) is 10.2. The molecule has 0 aliphatic carbocycles. The van der Waals surface area contributed by atoms with Gasteiger partial charge in [-0.25, -0.2) is 4.39 Å². The van der Waals surface area contributed by atoms with Crippen LogP contribution in [-0.2, 0) is 0 Å². The minimum atomic E-state index is -0.376. The first-order valence-corrected chi connectivity index (χ1v) is 5.42. The topological polar surface area (TPSA) is 44.5 Å². The van der Waals surface area contributed by atoms with E-state index in [0.717, 1.165) is 6.42 Å². The average molecular weight is 239 g/mol. The van der Waals surface area contributed by atoms with Gasteiger partial charge in [0, 0.05) is 17.7 Å². The maximum atomic E-state index is 13.8. The number of rotatable bonds is 6. The molecule has 0 radical (unpaired) electrons. The normalized spacial score (nSPS) is 12.0. The molecule has 1 aromatic carbocycles. The Hall–Kier alpha value is -1.55. The van der Waals surface area contributed by atoms with Gasteiger partial charge in [0.25, 0.3) is 0 Å². The minimum Gasteiger partial charge on any atom is -0.493 e. The molecule has 0 unspecified atom stereocenters. The van der Waals surface area contributed by atoms with E-state index in [1.54, 1.807) is 12.1 Å². The van der Waals surface area contributed by atoms with Gasteiger partial charge in [0.1, 0.15) is 5.82 Å². The first-order valence-electron chi connectivity index (χ1n) is 5.42. The lowest BCUT2D eigenvalue weighted by Crippen LogP contribution is -2.12. The lowest BCUT2D eigenvalue weighted by atomic mass is 10.0. The summed E-state index contributed by atoms with van der Waals surface area (Å²) < 4.78 is 23.9. The molecule has 1 rings (SSSR count). The highest BCUT2D eigenvalue weighted by Crippen LogP contribution is 2.32. The molecule has 0 fully saturated rings. The van der Waals surface area contributed by atoms with Gasteiger partial charge in [-0.3, -0.25) is 0 Å². The molecule has 0 heterocycles. The fourth-order valence-corrected chi connectivity index (χ4v) is 1.61. The van der Waals surface area contributed by atoms with E-state index in [4.69, 9.17) is 15.2 Å². The predicted octanol–water partition coefficient (Wildman–Crippen LogP) is 2.81. The zero-order valence-corrected chi connectivity index (χ0v) is 10.2. The molecule has 2 N–H and O–H groups in total. The second-order valence-corrected chi connectivity index (χ2v) is 3.70. The summed E-state index contributed by atoms with van der Waals surface area (Å²) in [5.41, 5.74) is 6.35. The van der Waals surface area contributed by atoms with Crippen molar-refractivity contribution in [1.82, 2.24) is 0 Å². The van der Waals surface area contributed by atoms with Gasteiger partial charge in [-0.1, -0.05) is 6.08 Å². The van der Waals surface area contributed by atoms with Crippen molar-refractivity contribution in [1.29, 1.82) is 0 Å². The summed E-state index contributed by atoms with van der Waals surface area (Å²) in [6, 6.07) is 2.51. The molecular weight excluding hydrogens is 221 g/mol. The third kappa shape index (κ3) is 3.20. The standard InChI is InChI=1S/C13H18FNO2/c1-4-5-6-11(15)9-7-12(16-2)13(17-3)8-10(9)14/h4,7-8,11H,1,5-6,15H2,2-3H3/t11-/m0/s1. The highest BCUT2D eigenvalue weighted by atomic mass is 19.1. The van der Waals surface area contributed by atoms with E-state index in [9.17, 15) is 4.39 Å². The largest absolute Gasteiger partial charge is 0.493 e. The van der Waals surface area contributed by atoms with Crippen molar-refractivity contribution in [2.24, 2.45) is 5.73 Å². The van der Waals surface area contributed by atoms with Gasteiger partial charge < -0.3 is 15.2 Å². The number of hydrogen-bond acceptors (Lipinski definition) is 3. The summed E-state index contributed by atoms with van der Waals surface area (Å²) in [5.74, 6) is 0.474. The highest BCUT2D eigenvalue weighted by molar-refractivity contribution is 5.44. The van der Waals surface area contributed by atoms with Crippen LogP contribution in [0.15, 0.2) is 24.8 Å². The van der Waals surface area contributed by atoms with Crippen molar-refractivity contribution in [3.8, 4) is 11.5 Å². The second-order valence-electron chi connectivity index (χ2n) is 3.70. The van der Waals surface area contributed by atoms with E-state index in [0.29, 0.717) is 23.5 Å². The van der Waals surface area contributed by atoms with Crippen LogP contribution in [0.5, 0.6) is 11.5 Å². The lowest BCUT2D eigenvalue weighted by molar-refractivity contribution is 0.350. The molecule has 3 nitrogen and oxygen atoms in total. The smallest absolute Gasteiger partial charge is 0.163 e. The second kappa shape index (κ2) is 6.25. The first-order chi connectivity index (χ1) is 8.13. The first kappa shape index (κ1) is 13.5. The number of halogens is 1. The van der Waals surface area contributed by atoms with Crippen LogP contribution in [0.25, 0.3) is 0 Å². The van der Waals surface area contributed by atoms with Gasteiger partial charge in [0.05, 0.1) is 14.2 Å². The summed E-state index contributed by atoms with van der Waals surface area (Å²) in [6.45, 7) is 3.62. The number of methoxy groups -OCH3 is 2. The predicted molar refractivity (Wildman–Crippen MR) is 65.9 cm³/mol. The Bertz CT molecular complexity index is 393. The maximum Gasteiger partial charge on any atom is 0.163 e. The molecule has 0 bridgehead atoms. The van der Waals surface area contributed by atoms with E-state index >= 15 is 0 Å². The highest BCUT2D eigenvalue weighted by Gasteiger charge is 2.15. The Morgan fingerprint density at radius 2 is 1.94 bits per heavy atom. The minimum absolute atomic E-state index is 0.365. The Balaban J connectivity index is 3.03. The van der Waals surface area contributed by atoms with Gasteiger partial charge in [-0.2, -0.15) is 0 Å². The van der Waals surface area contributed by atoms with Crippen LogP contribution < -0.4 is 15.2 Å². The van der Waals surface area contributed by atoms with Crippen molar-refractivity contribution in [3.63, 3.8) is 0 Å².